The lowest BCUT2D eigenvalue weighted by Crippen LogP contribution is -2.46. The summed E-state index contributed by atoms with van der Waals surface area (Å²) in [6.07, 6.45) is -0.350. The first kappa shape index (κ1) is 28.0. The minimum absolute atomic E-state index is 0.0530. The third kappa shape index (κ3) is 9.24. The first-order chi connectivity index (χ1) is 14.9. The molecule has 14 nitrogen and oxygen atoms in total. The molecule has 32 heavy (non-hydrogen) atoms. The van der Waals surface area contributed by atoms with Gasteiger partial charge in [-0.15, -0.1) is 0 Å². The van der Waals surface area contributed by atoms with Gasteiger partial charge in [-0.3, -0.25) is 9.32 Å². The molecule has 15 heteroatoms. The number of nitrogens with two attached hydrogens (primary N) is 2. The fourth-order valence-corrected chi connectivity index (χ4v) is 3.03. The Labute approximate surface area is 183 Å². The number of hydrogen-bond acceptors (Lipinski definition) is 9. The van der Waals surface area contributed by atoms with Crippen LogP contribution in [0, 0.1) is 0 Å². The van der Waals surface area contributed by atoms with Gasteiger partial charge in [-0.1, -0.05) is 6.42 Å². The Morgan fingerprint density at radius 1 is 1.22 bits per heavy atom. The van der Waals surface area contributed by atoms with Crippen LogP contribution in [0.25, 0.3) is 0 Å². The topological polar surface area (TPSA) is 247 Å². The number of carboxylic acids is 2. The fourth-order valence-electron chi connectivity index (χ4n) is 2.69. The molecule has 1 aromatic rings. The Morgan fingerprint density at radius 2 is 1.88 bits per heavy atom. The van der Waals surface area contributed by atoms with E-state index < -0.39 is 56.9 Å². The van der Waals surface area contributed by atoms with Crippen LogP contribution >= 0.6 is 7.82 Å². The van der Waals surface area contributed by atoms with Crippen LogP contribution in [-0.4, -0.2) is 79.7 Å². The summed E-state index contributed by atoms with van der Waals surface area (Å²) < 4.78 is 21.4. The molecular weight excluding hydrogens is 453 g/mol. The Morgan fingerprint density at radius 3 is 2.41 bits per heavy atom. The molecule has 182 valence electrons. The van der Waals surface area contributed by atoms with Crippen LogP contribution in [0.2, 0.25) is 0 Å². The maximum atomic E-state index is 10.9. The van der Waals surface area contributed by atoms with Crippen LogP contribution < -0.4 is 16.0 Å². The zero-order chi connectivity index (χ0) is 24.5. The molecule has 1 aromatic heterocycles. The van der Waals surface area contributed by atoms with E-state index in [1.54, 1.807) is 0 Å². The van der Waals surface area contributed by atoms with Crippen molar-refractivity contribution in [2.45, 2.75) is 49.8 Å². The number of phosphoric acid groups is 1. The summed E-state index contributed by atoms with van der Waals surface area (Å²) in [5.74, 6) is -2.11. The van der Waals surface area contributed by atoms with E-state index in [-0.39, 0.29) is 5.56 Å². The van der Waals surface area contributed by atoms with Crippen molar-refractivity contribution in [1.82, 2.24) is 0 Å². The Kier molecular flexibility index (Phi) is 11.3. The molecule has 0 aliphatic carbocycles. The number of unbranched alkanes of at least 4 members (excludes halogenated alkanes) is 1. The van der Waals surface area contributed by atoms with Gasteiger partial charge in [0.25, 0.3) is 6.23 Å². The van der Waals surface area contributed by atoms with E-state index in [0.717, 1.165) is 12.8 Å². The number of aromatic nitrogens is 1. The number of aliphatic hydroxyl groups is 2. The van der Waals surface area contributed by atoms with Crippen molar-refractivity contribution >= 4 is 19.8 Å². The van der Waals surface area contributed by atoms with Crippen LogP contribution in [0.5, 0.6) is 0 Å². The van der Waals surface area contributed by atoms with Gasteiger partial charge in [0.05, 0.1) is 6.61 Å². The molecule has 0 spiro atoms. The van der Waals surface area contributed by atoms with E-state index in [1.807, 2.05) is 0 Å². The number of aliphatic hydroxyl groups excluding tert-OH is 2. The highest BCUT2D eigenvalue weighted by atomic mass is 31.2. The second-order valence-corrected chi connectivity index (χ2v) is 8.15. The first-order valence-corrected chi connectivity index (χ1v) is 11.0. The van der Waals surface area contributed by atoms with Crippen LogP contribution in [0.1, 0.15) is 35.8 Å². The maximum Gasteiger partial charge on any atom is 0.469 e. The minimum Gasteiger partial charge on any atom is -0.480 e. The third-order valence-electron chi connectivity index (χ3n) is 4.39. The van der Waals surface area contributed by atoms with E-state index in [2.05, 4.69) is 4.52 Å². The quantitative estimate of drug-likeness (QED) is 0.101. The normalized spacial score (nSPS) is 23.8. The largest absolute Gasteiger partial charge is 0.480 e. The van der Waals surface area contributed by atoms with Gasteiger partial charge in [-0.2, -0.15) is 4.57 Å². The molecule has 1 saturated heterocycles. The van der Waals surface area contributed by atoms with Crippen LogP contribution in [-0.2, 0) is 18.6 Å². The van der Waals surface area contributed by atoms with E-state index >= 15 is 0 Å². The van der Waals surface area contributed by atoms with Crippen LogP contribution in [0.3, 0.4) is 0 Å². The number of pyridine rings is 1. The monoisotopic (exact) mass is 482 g/mol. The predicted octanol–water partition coefficient (Wildman–Crippen LogP) is -2.07. The maximum absolute atomic E-state index is 10.9. The van der Waals surface area contributed by atoms with Gasteiger partial charge in [0.15, 0.2) is 18.5 Å². The summed E-state index contributed by atoms with van der Waals surface area (Å²) in [6, 6.07) is 2.04. The van der Waals surface area contributed by atoms with E-state index in [4.69, 9.17) is 36.2 Å². The van der Waals surface area contributed by atoms with Crippen molar-refractivity contribution in [3.05, 3.63) is 30.1 Å². The zero-order valence-corrected chi connectivity index (χ0v) is 17.9. The van der Waals surface area contributed by atoms with Crippen LogP contribution in [0.4, 0.5) is 0 Å². The Bertz CT molecular complexity index is 806. The molecule has 0 bridgehead atoms. The number of nitrogens with zero attached hydrogens (tertiary/aromatic N) is 1. The predicted molar refractivity (Wildman–Crippen MR) is 106 cm³/mol. The van der Waals surface area contributed by atoms with Gasteiger partial charge in [0.1, 0.15) is 23.8 Å². The zero-order valence-electron chi connectivity index (χ0n) is 17.0. The Balaban J connectivity index is 0.000000433. The summed E-state index contributed by atoms with van der Waals surface area (Å²) in [5, 5.41) is 37.0. The molecule has 1 aliphatic rings. The lowest BCUT2D eigenvalue weighted by atomic mass is 10.1. The number of carbonyl (C=O) groups is 2. The highest BCUT2D eigenvalue weighted by molar-refractivity contribution is 7.46. The van der Waals surface area contributed by atoms with E-state index in [9.17, 15) is 24.4 Å². The first-order valence-electron chi connectivity index (χ1n) is 9.51. The molecule has 0 saturated carbocycles. The fraction of sp³-hybridized carbons (Fsp3) is 0.588. The van der Waals surface area contributed by atoms with Crippen molar-refractivity contribution < 1.29 is 58.2 Å². The van der Waals surface area contributed by atoms with Crippen molar-refractivity contribution in [2.24, 2.45) is 11.5 Å². The summed E-state index contributed by atoms with van der Waals surface area (Å²) >= 11 is 0. The van der Waals surface area contributed by atoms with Crippen molar-refractivity contribution in [3.8, 4) is 0 Å². The second kappa shape index (κ2) is 12.9. The van der Waals surface area contributed by atoms with E-state index in [0.29, 0.717) is 13.0 Å². The molecule has 1 unspecified atom stereocenters. The average Bonchev–Trinajstić information content (AvgIpc) is 3.01. The van der Waals surface area contributed by atoms with Gasteiger partial charge in [0, 0.05) is 6.07 Å². The summed E-state index contributed by atoms with van der Waals surface area (Å²) in [5.41, 5.74) is 10.4. The highest BCUT2D eigenvalue weighted by Crippen LogP contribution is 2.37. The molecule has 0 amide bonds. The molecule has 1 aliphatic heterocycles. The summed E-state index contributed by atoms with van der Waals surface area (Å²) in [6.45, 7) is -0.0233. The number of ether oxygens (including phenoxy) is 1. The summed E-state index contributed by atoms with van der Waals surface area (Å²) in [4.78, 5) is 38.3. The molecule has 5 atom stereocenters. The van der Waals surface area contributed by atoms with E-state index in [1.165, 1.54) is 29.1 Å². The number of aliphatic carboxylic acids is 1. The summed E-state index contributed by atoms with van der Waals surface area (Å²) in [7, 11) is -4.73. The average molecular weight is 482 g/mol. The van der Waals surface area contributed by atoms with Gasteiger partial charge < -0.3 is 46.4 Å². The number of aromatic carboxylic acids is 1. The van der Waals surface area contributed by atoms with Crippen molar-refractivity contribution in [2.75, 3.05) is 13.2 Å². The molecule has 2 heterocycles. The minimum atomic E-state index is -4.73. The Hall–Kier alpha value is -2.00. The lowest BCUT2D eigenvalue weighted by molar-refractivity contribution is -0.765. The SMILES string of the molecule is NCCCCC(N)C(=O)O.O=C(O)c1ccc[n+]([C@@H]2O[C@H](COP(=O)(O)O)[C@@H](O)[C@H]2O)c1. The standard InChI is InChI=1S/C11H14NO9P.C6H14N2O2/c13-8-7(5-20-22(17,18)19)21-10(9(8)14)12-3-1-2-6(4-12)11(15)16;7-4-2-1-3-5(8)6(9)10/h1-4,7-10,13-14H,5H2,(H2-,15,16,17,18,19);5H,1-4,7-8H2,(H,9,10)/p+1/t7-,8-,9-,10-;/m1./s1. The molecular formula is C17H29N3O11P+. The molecule has 1 fully saturated rings. The highest BCUT2D eigenvalue weighted by Gasteiger charge is 2.48. The number of phosphoric ester groups is 1. The number of carboxylic acid groups (broad SMARTS) is 2. The second-order valence-electron chi connectivity index (χ2n) is 6.91. The third-order valence-corrected chi connectivity index (χ3v) is 4.88. The molecule has 0 radical (unpaired) electrons. The van der Waals surface area contributed by atoms with Gasteiger partial charge in [-0.05, 0) is 25.5 Å². The molecule has 10 N–H and O–H groups in total. The molecule has 2 rings (SSSR count). The number of rotatable bonds is 10. The van der Waals surface area contributed by atoms with Gasteiger partial charge >= 0.3 is 19.8 Å². The van der Waals surface area contributed by atoms with Crippen LogP contribution in [0.15, 0.2) is 24.5 Å². The van der Waals surface area contributed by atoms with Gasteiger partial charge in [-0.25, -0.2) is 9.36 Å². The lowest BCUT2D eigenvalue weighted by Gasteiger charge is -2.13. The van der Waals surface area contributed by atoms with Crippen molar-refractivity contribution in [3.63, 3.8) is 0 Å². The van der Waals surface area contributed by atoms with Gasteiger partial charge in [0.2, 0.25) is 0 Å². The smallest absolute Gasteiger partial charge is 0.469 e. The van der Waals surface area contributed by atoms with Crippen molar-refractivity contribution in [1.29, 1.82) is 0 Å². The number of hydrogen-bond donors (Lipinski definition) is 8. The molecule has 0 aromatic carbocycles.